The smallest absolute Gasteiger partial charge is 0.180 e. The van der Waals surface area contributed by atoms with Crippen molar-refractivity contribution in [3.63, 3.8) is 0 Å². The van der Waals surface area contributed by atoms with Crippen LogP contribution >= 0.6 is 11.3 Å². The number of aryl methyl sites for hydroxylation is 1. The second kappa shape index (κ2) is 5.19. The summed E-state index contributed by atoms with van der Waals surface area (Å²) in [5.41, 5.74) is 8.23. The van der Waals surface area contributed by atoms with Gasteiger partial charge in [0, 0.05) is 23.3 Å². The lowest BCUT2D eigenvalue weighted by atomic mass is 10.2. The molecule has 2 aromatic rings. The quantitative estimate of drug-likeness (QED) is 0.903. The van der Waals surface area contributed by atoms with E-state index in [2.05, 4.69) is 48.0 Å². The highest BCUT2D eigenvalue weighted by molar-refractivity contribution is 7.15. The summed E-state index contributed by atoms with van der Waals surface area (Å²) in [6.07, 6.45) is 1.86. The first-order valence-electron chi connectivity index (χ1n) is 5.71. The molecule has 0 saturated carbocycles. The lowest BCUT2D eigenvalue weighted by Gasteiger charge is -2.24. The number of benzene rings is 1. The molecule has 0 amide bonds. The van der Waals surface area contributed by atoms with Gasteiger partial charge in [-0.25, -0.2) is 4.98 Å². The fourth-order valence-corrected chi connectivity index (χ4v) is 2.57. The molecular formula is C13H17N3S. The lowest BCUT2D eigenvalue weighted by Crippen LogP contribution is -2.22. The minimum absolute atomic E-state index is 0.640. The average molecular weight is 247 g/mol. The molecule has 0 aliphatic rings. The maximum absolute atomic E-state index is 5.65. The van der Waals surface area contributed by atoms with Crippen LogP contribution in [0.4, 0.5) is 10.8 Å². The van der Waals surface area contributed by atoms with Crippen LogP contribution in [0, 0.1) is 6.92 Å². The van der Waals surface area contributed by atoms with E-state index in [4.69, 9.17) is 5.73 Å². The Morgan fingerprint density at radius 1 is 1.35 bits per heavy atom. The van der Waals surface area contributed by atoms with Gasteiger partial charge in [0.25, 0.3) is 0 Å². The van der Waals surface area contributed by atoms with E-state index in [0.29, 0.717) is 5.13 Å². The minimum Gasteiger partial charge on any atom is -0.375 e. The largest absolute Gasteiger partial charge is 0.375 e. The summed E-state index contributed by atoms with van der Waals surface area (Å²) in [6, 6.07) is 8.44. The number of nitrogens with two attached hydrogens (primary N) is 1. The molecule has 17 heavy (non-hydrogen) atoms. The predicted molar refractivity (Wildman–Crippen MR) is 74.4 cm³/mol. The number of para-hydroxylation sites is 1. The van der Waals surface area contributed by atoms with E-state index in [-0.39, 0.29) is 0 Å². The second-order valence-electron chi connectivity index (χ2n) is 3.97. The van der Waals surface area contributed by atoms with Crippen LogP contribution in [0.1, 0.15) is 17.4 Å². The van der Waals surface area contributed by atoms with E-state index in [0.717, 1.165) is 13.1 Å². The molecule has 3 nitrogen and oxygen atoms in total. The second-order valence-corrected chi connectivity index (χ2v) is 5.11. The van der Waals surface area contributed by atoms with Gasteiger partial charge in [0.05, 0.1) is 6.54 Å². The van der Waals surface area contributed by atoms with Gasteiger partial charge in [-0.15, -0.1) is 11.3 Å². The van der Waals surface area contributed by atoms with Crippen LogP contribution in [0.3, 0.4) is 0 Å². The van der Waals surface area contributed by atoms with Gasteiger partial charge >= 0.3 is 0 Å². The van der Waals surface area contributed by atoms with Crippen molar-refractivity contribution >= 4 is 22.2 Å². The van der Waals surface area contributed by atoms with Gasteiger partial charge in [-0.2, -0.15) is 0 Å². The van der Waals surface area contributed by atoms with Crippen molar-refractivity contribution in [2.24, 2.45) is 0 Å². The Labute approximate surface area is 106 Å². The van der Waals surface area contributed by atoms with Gasteiger partial charge in [0.15, 0.2) is 5.13 Å². The van der Waals surface area contributed by atoms with Crippen LogP contribution < -0.4 is 10.6 Å². The zero-order valence-electron chi connectivity index (χ0n) is 10.2. The van der Waals surface area contributed by atoms with Crippen LogP contribution in [-0.2, 0) is 6.54 Å². The molecule has 0 bridgehead atoms. The maximum atomic E-state index is 5.65. The van der Waals surface area contributed by atoms with E-state index >= 15 is 0 Å². The van der Waals surface area contributed by atoms with E-state index in [1.807, 2.05) is 6.20 Å². The van der Waals surface area contributed by atoms with E-state index < -0.39 is 0 Å². The molecule has 0 fully saturated rings. The highest BCUT2D eigenvalue weighted by Crippen LogP contribution is 2.23. The molecule has 2 N–H and O–H groups in total. The van der Waals surface area contributed by atoms with Crippen LogP contribution in [0.25, 0.3) is 0 Å². The predicted octanol–water partition coefficient (Wildman–Crippen LogP) is 3.06. The summed E-state index contributed by atoms with van der Waals surface area (Å²) >= 11 is 1.56. The Balaban J connectivity index is 2.20. The van der Waals surface area contributed by atoms with Gasteiger partial charge in [0.2, 0.25) is 0 Å². The Morgan fingerprint density at radius 3 is 2.71 bits per heavy atom. The Morgan fingerprint density at radius 2 is 2.12 bits per heavy atom. The fraction of sp³-hybridized carbons (Fsp3) is 0.308. The number of nitrogen functional groups attached to an aromatic ring is 1. The molecule has 0 aliphatic carbocycles. The Kier molecular flexibility index (Phi) is 3.64. The van der Waals surface area contributed by atoms with Crippen LogP contribution in [0.2, 0.25) is 0 Å². The maximum Gasteiger partial charge on any atom is 0.180 e. The molecular weight excluding hydrogens is 230 g/mol. The number of hydrogen-bond donors (Lipinski definition) is 1. The number of nitrogens with zero attached hydrogens (tertiary/aromatic N) is 2. The molecule has 1 aromatic heterocycles. The summed E-state index contributed by atoms with van der Waals surface area (Å²) in [5, 5.41) is 0.640. The van der Waals surface area contributed by atoms with E-state index in [9.17, 15) is 0 Å². The van der Waals surface area contributed by atoms with Gasteiger partial charge in [-0.05, 0) is 25.5 Å². The summed E-state index contributed by atoms with van der Waals surface area (Å²) in [5.74, 6) is 0. The SMILES string of the molecule is CCN(Cc1cnc(N)s1)c1ccccc1C. The van der Waals surface area contributed by atoms with Crippen molar-refractivity contribution in [1.82, 2.24) is 4.98 Å². The topological polar surface area (TPSA) is 42.2 Å². The van der Waals surface area contributed by atoms with Gasteiger partial charge in [0.1, 0.15) is 0 Å². The van der Waals surface area contributed by atoms with Crippen molar-refractivity contribution in [1.29, 1.82) is 0 Å². The van der Waals surface area contributed by atoms with Crippen molar-refractivity contribution in [2.45, 2.75) is 20.4 Å². The first-order valence-corrected chi connectivity index (χ1v) is 6.53. The molecule has 0 unspecified atom stereocenters. The summed E-state index contributed by atoms with van der Waals surface area (Å²) in [6.45, 7) is 6.15. The average Bonchev–Trinajstić information content (AvgIpc) is 2.73. The van der Waals surface area contributed by atoms with Crippen molar-refractivity contribution < 1.29 is 0 Å². The molecule has 90 valence electrons. The molecule has 0 atom stereocenters. The third-order valence-corrected chi connectivity index (χ3v) is 3.57. The Bertz CT molecular complexity index is 493. The van der Waals surface area contributed by atoms with E-state index in [1.54, 1.807) is 11.3 Å². The van der Waals surface area contributed by atoms with Gasteiger partial charge in [-0.3, -0.25) is 0 Å². The lowest BCUT2D eigenvalue weighted by molar-refractivity contribution is 0.836. The molecule has 1 aromatic carbocycles. The monoisotopic (exact) mass is 247 g/mol. The molecule has 0 radical (unpaired) electrons. The van der Waals surface area contributed by atoms with Crippen molar-refractivity contribution in [3.05, 3.63) is 40.9 Å². The van der Waals surface area contributed by atoms with Crippen molar-refractivity contribution in [3.8, 4) is 0 Å². The molecule has 1 heterocycles. The zero-order chi connectivity index (χ0) is 12.3. The zero-order valence-corrected chi connectivity index (χ0v) is 11.0. The van der Waals surface area contributed by atoms with Gasteiger partial charge < -0.3 is 10.6 Å². The number of aromatic nitrogens is 1. The van der Waals surface area contributed by atoms with Crippen LogP contribution in [-0.4, -0.2) is 11.5 Å². The normalized spacial score (nSPS) is 10.5. The number of thiazole rings is 1. The molecule has 0 aliphatic heterocycles. The van der Waals surface area contributed by atoms with E-state index in [1.165, 1.54) is 16.1 Å². The van der Waals surface area contributed by atoms with Crippen molar-refractivity contribution in [2.75, 3.05) is 17.2 Å². The number of hydrogen-bond acceptors (Lipinski definition) is 4. The van der Waals surface area contributed by atoms with Crippen LogP contribution in [0.15, 0.2) is 30.5 Å². The summed E-state index contributed by atoms with van der Waals surface area (Å²) in [4.78, 5) is 7.63. The summed E-state index contributed by atoms with van der Waals surface area (Å²) in [7, 11) is 0. The van der Waals surface area contributed by atoms with Gasteiger partial charge in [-0.1, -0.05) is 18.2 Å². The Hall–Kier alpha value is -1.55. The molecule has 0 spiro atoms. The number of anilines is 2. The number of rotatable bonds is 4. The molecule has 4 heteroatoms. The third-order valence-electron chi connectivity index (χ3n) is 2.76. The first kappa shape index (κ1) is 11.9. The highest BCUT2D eigenvalue weighted by atomic mass is 32.1. The summed E-state index contributed by atoms with van der Waals surface area (Å²) < 4.78 is 0. The minimum atomic E-state index is 0.640. The standard InChI is InChI=1S/C13H17N3S/c1-3-16(9-11-8-15-13(14)17-11)12-7-5-4-6-10(12)2/h4-8H,3,9H2,1-2H3,(H2,14,15). The third kappa shape index (κ3) is 2.77. The highest BCUT2D eigenvalue weighted by Gasteiger charge is 2.09. The fourth-order valence-electron chi connectivity index (χ4n) is 1.87. The molecule has 2 rings (SSSR count). The molecule has 0 saturated heterocycles. The first-order chi connectivity index (χ1) is 8.20. The van der Waals surface area contributed by atoms with Crippen LogP contribution in [0.5, 0.6) is 0 Å².